The van der Waals surface area contributed by atoms with Crippen molar-refractivity contribution in [1.29, 1.82) is 0 Å². The highest BCUT2D eigenvalue weighted by molar-refractivity contribution is 7.86. The molecule has 0 aliphatic heterocycles. The third kappa shape index (κ3) is 18.0. The van der Waals surface area contributed by atoms with E-state index < -0.39 is 89.5 Å². The zero-order valence-electron chi connectivity index (χ0n) is 19.7. The van der Waals surface area contributed by atoms with Crippen LogP contribution in [0.2, 0.25) is 39.3 Å². The Balaban J connectivity index is 6.10. The number of rotatable bonds is 16. The van der Waals surface area contributed by atoms with Gasteiger partial charge in [0.1, 0.15) is 0 Å². The van der Waals surface area contributed by atoms with Gasteiger partial charge in [-0.2, -0.15) is 33.7 Å². The maximum absolute atomic E-state index is 12.2. The fraction of sp³-hybridized carbons (Fsp3) is 1.00. The van der Waals surface area contributed by atoms with Crippen molar-refractivity contribution in [3.05, 3.63) is 0 Å². The Morgan fingerprint density at radius 2 is 0.758 bits per heavy atom. The standard InChI is InChI=1S/C13H32O14S4Si2/c1-28(14,15)22-9-13(10-23-29(2,16)17,11-24-30(18,19)26-32(3,4)5)12-25-31(20,21)27-33(6,7)8/h9-12H2,1-8H3. The van der Waals surface area contributed by atoms with Crippen LogP contribution in [0, 0.1) is 5.41 Å². The van der Waals surface area contributed by atoms with Crippen LogP contribution in [-0.4, -0.2) is 89.2 Å². The summed E-state index contributed by atoms with van der Waals surface area (Å²) in [4.78, 5) is 0. The van der Waals surface area contributed by atoms with E-state index >= 15 is 0 Å². The van der Waals surface area contributed by atoms with Crippen molar-refractivity contribution in [1.82, 2.24) is 0 Å². The van der Waals surface area contributed by atoms with Gasteiger partial charge < -0.3 is 0 Å². The molecule has 33 heavy (non-hydrogen) atoms. The molecule has 0 N–H and O–H groups in total. The molecule has 0 spiro atoms. The Kier molecular flexibility index (Phi) is 11.4. The molecule has 14 nitrogen and oxygen atoms in total. The topological polar surface area (TPSA) is 192 Å². The van der Waals surface area contributed by atoms with Gasteiger partial charge in [0.15, 0.2) is 0 Å². The fourth-order valence-electron chi connectivity index (χ4n) is 1.77. The van der Waals surface area contributed by atoms with Gasteiger partial charge in [-0.1, -0.05) is 0 Å². The summed E-state index contributed by atoms with van der Waals surface area (Å²) >= 11 is 0. The smallest absolute Gasteiger partial charge is 0.294 e. The first-order chi connectivity index (χ1) is 14.2. The second kappa shape index (κ2) is 11.4. The van der Waals surface area contributed by atoms with E-state index in [1.807, 2.05) is 0 Å². The predicted octanol–water partition coefficient (Wildman–Crippen LogP) is 0.151. The first-order valence-corrected chi connectivity index (χ1v) is 22.2. The van der Waals surface area contributed by atoms with Crippen LogP contribution in [0.1, 0.15) is 0 Å². The molecule has 0 unspecified atom stereocenters. The molecule has 0 bridgehead atoms. The molecule has 0 saturated carbocycles. The monoisotopic (exact) mass is 596 g/mol. The maximum Gasteiger partial charge on any atom is 0.390 e. The SMILES string of the molecule is C[Si](C)(C)OS(=O)(=O)OCC(COS(C)(=O)=O)(COS(C)(=O)=O)COS(=O)(=O)O[Si](C)(C)C. The van der Waals surface area contributed by atoms with Gasteiger partial charge >= 0.3 is 20.8 Å². The third-order valence-electron chi connectivity index (χ3n) is 2.88. The lowest BCUT2D eigenvalue weighted by molar-refractivity contribution is -0.000451. The Bertz CT molecular complexity index is 979. The first kappa shape index (κ1) is 33.0. The van der Waals surface area contributed by atoms with Gasteiger partial charge in [-0.05, 0) is 39.3 Å². The van der Waals surface area contributed by atoms with Gasteiger partial charge in [0.05, 0.1) is 44.4 Å². The molecule has 0 radical (unpaired) electrons. The molecule has 0 amide bonds. The van der Waals surface area contributed by atoms with Crippen molar-refractivity contribution in [3.63, 3.8) is 0 Å². The van der Waals surface area contributed by atoms with Crippen molar-refractivity contribution in [3.8, 4) is 0 Å². The van der Waals surface area contributed by atoms with E-state index in [1.165, 1.54) is 0 Å². The van der Waals surface area contributed by atoms with Crippen molar-refractivity contribution >= 4 is 57.7 Å². The highest BCUT2D eigenvalue weighted by Crippen LogP contribution is 2.26. The summed E-state index contributed by atoms with van der Waals surface area (Å²) in [6.07, 6.45) is 1.35. The molecule has 0 rings (SSSR count). The molecular weight excluding hydrogens is 565 g/mol. The minimum atomic E-state index is -4.64. The zero-order chi connectivity index (χ0) is 26.6. The Hall–Kier alpha value is -0.00623. The molecule has 0 aromatic heterocycles. The highest BCUT2D eigenvalue weighted by Gasteiger charge is 2.40. The van der Waals surface area contributed by atoms with E-state index in [2.05, 4.69) is 8.37 Å². The maximum atomic E-state index is 12.2. The van der Waals surface area contributed by atoms with Gasteiger partial charge in [-0.3, -0.25) is 16.1 Å². The largest absolute Gasteiger partial charge is 0.390 e. The predicted molar refractivity (Wildman–Crippen MR) is 123 cm³/mol. The molecule has 0 aliphatic rings. The molecule has 0 fully saturated rings. The minimum absolute atomic E-state index is 0.674. The van der Waals surface area contributed by atoms with E-state index in [4.69, 9.17) is 16.1 Å². The molecular formula is C13H32O14S4Si2. The van der Waals surface area contributed by atoms with Crippen LogP contribution < -0.4 is 0 Å². The molecule has 0 aromatic rings. The Morgan fingerprint density at radius 1 is 0.515 bits per heavy atom. The average molecular weight is 597 g/mol. The van der Waals surface area contributed by atoms with Crippen LogP contribution in [0.3, 0.4) is 0 Å². The van der Waals surface area contributed by atoms with Crippen LogP contribution >= 0.6 is 0 Å². The van der Waals surface area contributed by atoms with E-state index in [0.717, 1.165) is 0 Å². The number of hydrogen-bond donors (Lipinski definition) is 0. The van der Waals surface area contributed by atoms with Crippen molar-refractivity contribution in [2.45, 2.75) is 39.3 Å². The van der Waals surface area contributed by atoms with Crippen LogP contribution in [0.5, 0.6) is 0 Å². The average Bonchev–Trinajstić information content (AvgIpc) is 2.47. The molecule has 200 valence electrons. The van der Waals surface area contributed by atoms with E-state index in [0.29, 0.717) is 12.5 Å². The van der Waals surface area contributed by atoms with Crippen molar-refractivity contribution in [2.24, 2.45) is 5.41 Å². The first-order valence-electron chi connectivity index (χ1n) is 9.13. The van der Waals surface area contributed by atoms with Crippen LogP contribution in [0.25, 0.3) is 0 Å². The van der Waals surface area contributed by atoms with Crippen LogP contribution in [-0.2, 0) is 65.5 Å². The summed E-state index contributed by atoms with van der Waals surface area (Å²) in [5, 5.41) is 0. The summed E-state index contributed by atoms with van der Waals surface area (Å²) in [6.45, 7) is 5.36. The molecule has 0 aromatic carbocycles. The van der Waals surface area contributed by atoms with Gasteiger partial charge in [-0.15, -0.1) is 0 Å². The zero-order valence-corrected chi connectivity index (χ0v) is 24.9. The lowest BCUT2D eigenvalue weighted by Gasteiger charge is -2.31. The summed E-state index contributed by atoms with van der Waals surface area (Å²) in [5.41, 5.74) is -2.06. The lowest BCUT2D eigenvalue weighted by Crippen LogP contribution is -2.45. The van der Waals surface area contributed by atoms with Gasteiger partial charge in [0.2, 0.25) is 16.6 Å². The summed E-state index contributed by atoms with van der Waals surface area (Å²) < 4.78 is 124. The van der Waals surface area contributed by atoms with E-state index in [9.17, 15) is 33.7 Å². The van der Waals surface area contributed by atoms with Gasteiger partial charge in [0, 0.05) is 0 Å². The summed E-state index contributed by atoms with van der Waals surface area (Å²) in [7, 11) is -22.9. The second-order valence-electron chi connectivity index (χ2n) is 9.16. The second-order valence-corrected chi connectivity index (χ2v) is 24.3. The molecule has 0 aliphatic carbocycles. The molecule has 0 saturated heterocycles. The normalized spacial score (nSPS) is 15.0. The van der Waals surface area contributed by atoms with Crippen LogP contribution in [0.15, 0.2) is 0 Å². The Morgan fingerprint density at radius 3 is 0.970 bits per heavy atom. The molecule has 0 heterocycles. The minimum Gasteiger partial charge on any atom is -0.294 e. The van der Waals surface area contributed by atoms with Crippen LogP contribution in [0.4, 0.5) is 0 Å². The van der Waals surface area contributed by atoms with E-state index in [1.54, 1.807) is 39.3 Å². The summed E-state index contributed by atoms with van der Waals surface area (Å²) in [5.74, 6) is 0. The van der Waals surface area contributed by atoms with Crippen molar-refractivity contribution < 1.29 is 58.1 Å². The van der Waals surface area contributed by atoms with Crippen molar-refractivity contribution in [2.75, 3.05) is 38.9 Å². The molecule has 20 heteroatoms. The highest BCUT2D eigenvalue weighted by atomic mass is 32.3. The third-order valence-corrected chi connectivity index (χ3v) is 10.4. The quantitative estimate of drug-likeness (QED) is 0.173. The Labute approximate surface area is 199 Å². The fourth-order valence-corrected chi connectivity index (χ4v) is 8.77. The van der Waals surface area contributed by atoms with Gasteiger partial charge in [0.25, 0.3) is 20.2 Å². The van der Waals surface area contributed by atoms with E-state index in [-0.39, 0.29) is 0 Å². The number of hydrogen-bond acceptors (Lipinski definition) is 14. The molecule has 0 atom stereocenters. The van der Waals surface area contributed by atoms with Gasteiger partial charge in [-0.25, -0.2) is 8.37 Å². The summed E-state index contributed by atoms with van der Waals surface area (Å²) in [6, 6.07) is 0. The lowest BCUT2D eigenvalue weighted by atomic mass is 9.93.